The Kier molecular flexibility index (Phi) is 10.2. The lowest BCUT2D eigenvalue weighted by molar-refractivity contribution is -0.0714. The molecule has 252 valence electrons. The van der Waals surface area contributed by atoms with E-state index in [-0.39, 0.29) is 6.61 Å². The second-order valence-electron chi connectivity index (χ2n) is 12.1. The van der Waals surface area contributed by atoms with Gasteiger partial charge in [-0.2, -0.15) is 0 Å². The van der Waals surface area contributed by atoms with Crippen molar-refractivity contribution >= 4 is 0 Å². The highest BCUT2D eigenvalue weighted by Crippen LogP contribution is 2.48. The summed E-state index contributed by atoms with van der Waals surface area (Å²) in [4.78, 5) is 0. The molecule has 0 amide bonds. The molecule has 7 heteroatoms. The highest BCUT2D eigenvalue weighted by molar-refractivity contribution is 5.55. The maximum absolute atomic E-state index is 11.6. The molecule has 7 rings (SSSR count). The zero-order valence-corrected chi connectivity index (χ0v) is 27.4. The Morgan fingerprint density at radius 1 is 0.460 bits per heavy atom. The van der Waals surface area contributed by atoms with Crippen LogP contribution in [0.25, 0.3) is 0 Å². The maximum Gasteiger partial charge on any atom is 0.162 e. The monoisotopic (exact) mass is 667 g/mol. The number of fused-ring (bicyclic) bond motifs is 1. The number of hydrogen-bond donors (Lipinski definition) is 2. The van der Waals surface area contributed by atoms with Crippen LogP contribution in [0.2, 0.25) is 0 Å². The van der Waals surface area contributed by atoms with Gasteiger partial charge in [0.1, 0.15) is 55.9 Å². The predicted molar refractivity (Wildman–Crippen MR) is 190 cm³/mol. The van der Waals surface area contributed by atoms with E-state index in [9.17, 15) is 10.2 Å². The fourth-order valence-electron chi connectivity index (χ4n) is 5.86. The van der Waals surface area contributed by atoms with Gasteiger partial charge in [-0.05, 0) is 39.9 Å². The number of aliphatic hydroxyl groups is 2. The van der Waals surface area contributed by atoms with Gasteiger partial charge in [-0.25, -0.2) is 0 Å². The fourth-order valence-corrected chi connectivity index (χ4v) is 5.86. The Morgan fingerprint density at radius 2 is 0.920 bits per heavy atom. The van der Waals surface area contributed by atoms with Crippen LogP contribution >= 0.6 is 0 Å². The molecule has 50 heavy (non-hydrogen) atoms. The van der Waals surface area contributed by atoms with Crippen molar-refractivity contribution in [2.45, 2.75) is 44.7 Å². The molecule has 1 aliphatic rings. The topological polar surface area (TPSA) is 86.6 Å². The molecule has 0 radical (unpaired) electrons. The van der Waals surface area contributed by atoms with Gasteiger partial charge in [0.15, 0.2) is 17.6 Å². The zero-order valence-electron chi connectivity index (χ0n) is 27.4. The first-order valence-corrected chi connectivity index (χ1v) is 16.6. The van der Waals surface area contributed by atoms with Crippen LogP contribution in [0.15, 0.2) is 152 Å². The Bertz CT molecular complexity index is 1970. The summed E-state index contributed by atoms with van der Waals surface area (Å²) < 4.78 is 31.4. The van der Waals surface area contributed by atoms with E-state index in [1.165, 1.54) is 0 Å². The number of hydrogen-bond acceptors (Lipinski definition) is 7. The molecule has 7 nitrogen and oxygen atoms in total. The first-order valence-electron chi connectivity index (χ1n) is 16.6. The van der Waals surface area contributed by atoms with Gasteiger partial charge in [0.05, 0.1) is 5.56 Å². The van der Waals surface area contributed by atoms with Gasteiger partial charge in [-0.1, -0.05) is 127 Å². The summed E-state index contributed by atoms with van der Waals surface area (Å²) >= 11 is 0. The van der Waals surface area contributed by atoms with Crippen molar-refractivity contribution in [3.63, 3.8) is 0 Å². The molecular weight excluding hydrogens is 629 g/mol. The molecule has 0 saturated carbocycles. The Morgan fingerprint density at radius 3 is 1.44 bits per heavy atom. The minimum Gasteiger partial charge on any atom is -0.489 e. The van der Waals surface area contributed by atoms with Crippen molar-refractivity contribution < 1.29 is 33.9 Å². The summed E-state index contributed by atoms with van der Waals surface area (Å²) in [5.41, 5.74) is 4.95. The second kappa shape index (κ2) is 15.6. The van der Waals surface area contributed by atoms with Crippen molar-refractivity contribution in [1.82, 2.24) is 0 Å². The average Bonchev–Trinajstić information content (AvgIpc) is 3.17. The summed E-state index contributed by atoms with van der Waals surface area (Å²) in [6.45, 7) is 1.26. The van der Waals surface area contributed by atoms with Gasteiger partial charge in [0.2, 0.25) is 0 Å². The Labute approximate surface area is 291 Å². The number of ether oxygens (including phenoxy) is 5. The third kappa shape index (κ3) is 7.92. The molecule has 0 aliphatic carbocycles. The van der Waals surface area contributed by atoms with E-state index in [1.54, 1.807) is 18.2 Å². The van der Waals surface area contributed by atoms with Gasteiger partial charge in [-0.3, -0.25) is 0 Å². The van der Waals surface area contributed by atoms with Gasteiger partial charge in [0.25, 0.3) is 0 Å². The minimum absolute atomic E-state index is 0.258. The standard InChI is InChI=1S/C43H38O7/c44-41-40-38(49-29-33-19-11-4-12-20-33)24-35(46-26-30-13-5-1-6-14-30)25-39(40)50-43(42(41)45)34-21-22-36(47-27-31-15-7-2-8-16-31)37(23-34)48-28-32-17-9-3-10-18-32/h1-25,41-45H,26-29H2/t41-,42-,43+/m0/s1/i41+1. The van der Waals surface area contributed by atoms with Crippen LogP contribution in [-0.2, 0) is 26.4 Å². The van der Waals surface area contributed by atoms with E-state index in [4.69, 9.17) is 23.7 Å². The van der Waals surface area contributed by atoms with E-state index < -0.39 is 18.3 Å². The van der Waals surface area contributed by atoms with Gasteiger partial charge in [0, 0.05) is 12.1 Å². The van der Waals surface area contributed by atoms with E-state index in [2.05, 4.69) is 0 Å². The summed E-state index contributed by atoms with van der Waals surface area (Å²) in [7, 11) is 0. The molecular formula is C43H38O7. The van der Waals surface area contributed by atoms with Gasteiger partial charge < -0.3 is 33.9 Å². The van der Waals surface area contributed by atoms with Crippen LogP contribution in [0.5, 0.6) is 28.7 Å². The van der Waals surface area contributed by atoms with Crippen molar-refractivity contribution in [3.05, 3.63) is 185 Å². The van der Waals surface area contributed by atoms with E-state index >= 15 is 0 Å². The molecule has 0 aromatic heterocycles. The normalized spacial score (nSPS) is 16.5. The predicted octanol–water partition coefficient (Wildman–Crippen LogP) is 8.53. The van der Waals surface area contributed by atoms with Crippen LogP contribution in [0.3, 0.4) is 0 Å². The van der Waals surface area contributed by atoms with Gasteiger partial charge >= 0.3 is 0 Å². The van der Waals surface area contributed by atoms with E-state index in [1.807, 2.05) is 133 Å². The van der Waals surface area contributed by atoms with E-state index in [0.717, 1.165) is 22.3 Å². The molecule has 3 atom stereocenters. The van der Waals surface area contributed by atoms with Gasteiger partial charge in [-0.15, -0.1) is 0 Å². The first kappa shape index (κ1) is 32.8. The molecule has 0 spiro atoms. The van der Waals surface area contributed by atoms with Crippen molar-refractivity contribution in [1.29, 1.82) is 0 Å². The minimum atomic E-state index is -1.31. The average molecular weight is 668 g/mol. The van der Waals surface area contributed by atoms with Crippen LogP contribution < -0.4 is 23.7 Å². The molecule has 0 unspecified atom stereocenters. The van der Waals surface area contributed by atoms with Crippen LogP contribution in [-0.4, -0.2) is 16.3 Å². The SMILES string of the molecule is O[C@@H]1[C@@H](c2ccc(OCc3ccccc3)c(OCc3ccccc3)c2)Oc2cc(OCc3ccccc3)cc(OCc3ccccc3)c2[13C@@H]1O. The summed E-state index contributed by atoms with van der Waals surface area (Å²) in [5, 5.41) is 23.2. The lowest BCUT2D eigenvalue weighted by atomic mass is 10.0. The first-order chi connectivity index (χ1) is 24.6. The lowest BCUT2D eigenvalue weighted by Gasteiger charge is -2.36. The third-order valence-corrected chi connectivity index (χ3v) is 8.52. The van der Waals surface area contributed by atoms with E-state index in [0.29, 0.717) is 59.7 Å². The Hall–Kier alpha value is -5.76. The molecule has 1 heterocycles. The highest BCUT2D eigenvalue weighted by atomic mass is 16.5. The number of rotatable bonds is 13. The summed E-state index contributed by atoms with van der Waals surface area (Å²) in [6.07, 6.45) is -3.54. The Balaban J connectivity index is 1.19. The van der Waals surface area contributed by atoms with Crippen LogP contribution in [0.1, 0.15) is 45.6 Å². The number of benzene rings is 6. The summed E-state index contributed by atoms with van der Waals surface area (Å²) in [5.74, 6) is 2.28. The summed E-state index contributed by atoms with van der Waals surface area (Å²) in [6, 6.07) is 48.3. The van der Waals surface area contributed by atoms with Crippen molar-refractivity contribution in [2.75, 3.05) is 0 Å². The molecule has 0 saturated heterocycles. The molecule has 0 bridgehead atoms. The molecule has 0 fully saturated rings. The molecule has 2 N–H and O–H groups in total. The zero-order chi connectivity index (χ0) is 34.1. The van der Waals surface area contributed by atoms with Crippen LogP contribution in [0.4, 0.5) is 0 Å². The quantitative estimate of drug-likeness (QED) is 0.119. The van der Waals surface area contributed by atoms with Crippen LogP contribution in [0, 0.1) is 0 Å². The second-order valence-corrected chi connectivity index (χ2v) is 12.1. The fraction of sp³-hybridized carbons (Fsp3) is 0.163. The van der Waals surface area contributed by atoms with Crippen molar-refractivity contribution in [3.8, 4) is 28.7 Å². The van der Waals surface area contributed by atoms with Crippen molar-refractivity contribution in [2.24, 2.45) is 0 Å². The maximum atomic E-state index is 11.6. The largest absolute Gasteiger partial charge is 0.489 e. The number of aliphatic hydroxyl groups excluding tert-OH is 2. The molecule has 6 aromatic rings. The molecule has 6 aromatic carbocycles. The smallest absolute Gasteiger partial charge is 0.162 e. The lowest BCUT2D eigenvalue weighted by Crippen LogP contribution is -2.34. The third-order valence-electron chi connectivity index (χ3n) is 8.52. The highest BCUT2D eigenvalue weighted by Gasteiger charge is 2.40. The molecule has 1 aliphatic heterocycles.